The molecule has 1 heterocycles. The van der Waals surface area contributed by atoms with Gasteiger partial charge in [0.05, 0.1) is 13.0 Å². The van der Waals surface area contributed by atoms with E-state index in [1.165, 1.54) is 13.5 Å². The number of rotatable bonds is 5. The van der Waals surface area contributed by atoms with E-state index in [0.29, 0.717) is 6.04 Å². The molecule has 4 nitrogen and oxygen atoms in total. The number of nitrogens with zero attached hydrogens (tertiary/aromatic N) is 1. The minimum Gasteiger partial charge on any atom is -0.469 e. The molecule has 4 heteroatoms. The average Bonchev–Trinajstić information content (AvgIpc) is 2.81. The van der Waals surface area contributed by atoms with E-state index in [9.17, 15) is 4.79 Å². The molecule has 0 aromatic carbocycles. The van der Waals surface area contributed by atoms with Crippen molar-refractivity contribution in [2.24, 2.45) is 5.92 Å². The minimum atomic E-state index is -0.114. The molecule has 0 radical (unpaired) electrons. The number of hydrogen-bond donors (Lipinski definition) is 1. The molecule has 1 aliphatic rings. The maximum absolute atomic E-state index is 11.5. The number of nitrogens with one attached hydrogen (secondary N) is 1. The second kappa shape index (κ2) is 6.21. The van der Waals surface area contributed by atoms with Gasteiger partial charge >= 0.3 is 5.97 Å². The smallest absolute Gasteiger partial charge is 0.309 e. The molecule has 3 unspecified atom stereocenters. The van der Waals surface area contributed by atoms with Gasteiger partial charge in [0.15, 0.2) is 0 Å². The molecule has 3 atom stereocenters. The maximum Gasteiger partial charge on any atom is 0.309 e. The van der Waals surface area contributed by atoms with Crippen LogP contribution in [0.1, 0.15) is 27.2 Å². The second-order valence-corrected chi connectivity index (χ2v) is 4.53. The molecule has 0 amide bonds. The van der Waals surface area contributed by atoms with E-state index in [2.05, 4.69) is 24.1 Å². The van der Waals surface area contributed by atoms with Gasteiger partial charge in [-0.25, -0.2) is 0 Å². The Balaban J connectivity index is 2.60. The number of carbonyl (C=O) groups is 1. The highest BCUT2D eigenvalue weighted by molar-refractivity contribution is 5.72. The lowest BCUT2D eigenvalue weighted by molar-refractivity contribution is -0.147. The van der Waals surface area contributed by atoms with Gasteiger partial charge in [-0.2, -0.15) is 0 Å². The molecular formula is C12H24N2O2. The summed E-state index contributed by atoms with van der Waals surface area (Å²) in [4.78, 5) is 13.9. The summed E-state index contributed by atoms with van der Waals surface area (Å²) in [7, 11) is 1.46. The number of ether oxygens (including phenoxy) is 1. The van der Waals surface area contributed by atoms with E-state index >= 15 is 0 Å². The van der Waals surface area contributed by atoms with Crippen molar-refractivity contribution in [3.63, 3.8) is 0 Å². The maximum atomic E-state index is 11.5. The highest BCUT2D eigenvalue weighted by Gasteiger charge is 2.31. The van der Waals surface area contributed by atoms with E-state index in [4.69, 9.17) is 4.74 Å². The van der Waals surface area contributed by atoms with E-state index in [0.717, 1.165) is 19.6 Å². The Morgan fingerprint density at radius 1 is 1.56 bits per heavy atom. The zero-order valence-electron chi connectivity index (χ0n) is 10.8. The van der Waals surface area contributed by atoms with Crippen LogP contribution in [0, 0.1) is 5.92 Å². The van der Waals surface area contributed by atoms with Crippen LogP contribution in [-0.2, 0) is 9.53 Å². The summed E-state index contributed by atoms with van der Waals surface area (Å²) in [6.45, 7) is 9.31. The van der Waals surface area contributed by atoms with Gasteiger partial charge in [0, 0.05) is 18.6 Å². The van der Waals surface area contributed by atoms with E-state index in [1.807, 2.05) is 6.92 Å². The van der Waals surface area contributed by atoms with Crippen LogP contribution in [0.4, 0.5) is 0 Å². The van der Waals surface area contributed by atoms with Crippen molar-refractivity contribution in [2.75, 3.05) is 26.7 Å². The van der Waals surface area contributed by atoms with Crippen molar-refractivity contribution in [3.8, 4) is 0 Å². The van der Waals surface area contributed by atoms with Gasteiger partial charge in [-0.3, -0.25) is 9.69 Å². The van der Waals surface area contributed by atoms with Crippen LogP contribution in [0.3, 0.4) is 0 Å². The number of hydrogen-bond acceptors (Lipinski definition) is 4. The third-order valence-electron chi connectivity index (χ3n) is 3.69. The monoisotopic (exact) mass is 228 g/mol. The van der Waals surface area contributed by atoms with Crippen LogP contribution in [0.2, 0.25) is 0 Å². The lowest BCUT2D eigenvalue weighted by Crippen LogP contribution is -2.47. The molecule has 0 spiro atoms. The Labute approximate surface area is 98.3 Å². The van der Waals surface area contributed by atoms with Crippen LogP contribution in [0.5, 0.6) is 0 Å². The predicted molar refractivity (Wildman–Crippen MR) is 64.3 cm³/mol. The highest BCUT2D eigenvalue weighted by atomic mass is 16.5. The van der Waals surface area contributed by atoms with Crippen molar-refractivity contribution in [1.82, 2.24) is 10.2 Å². The standard InChI is InChI=1S/C12H24N2O2/c1-5-14(11-6-7-13-8-11)10(3)9(2)12(15)16-4/h9-11,13H,5-8H2,1-4H3. The van der Waals surface area contributed by atoms with Gasteiger partial charge in [-0.1, -0.05) is 13.8 Å². The van der Waals surface area contributed by atoms with Crippen molar-refractivity contribution in [1.29, 1.82) is 0 Å². The Hall–Kier alpha value is -0.610. The Kier molecular flexibility index (Phi) is 5.22. The molecule has 1 N–H and O–H groups in total. The summed E-state index contributed by atoms with van der Waals surface area (Å²) in [5, 5.41) is 3.37. The lowest BCUT2D eigenvalue weighted by atomic mass is 10.00. The third-order valence-corrected chi connectivity index (χ3v) is 3.69. The molecule has 1 fully saturated rings. The van der Waals surface area contributed by atoms with Gasteiger partial charge < -0.3 is 10.1 Å². The second-order valence-electron chi connectivity index (χ2n) is 4.53. The number of methoxy groups -OCH3 is 1. The minimum absolute atomic E-state index is 0.0643. The first kappa shape index (κ1) is 13.5. The number of likely N-dealkylation sites (N-methyl/N-ethyl adjacent to an activating group) is 1. The molecule has 0 aromatic heterocycles. The average molecular weight is 228 g/mol. The zero-order chi connectivity index (χ0) is 12.1. The van der Waals surface area contributed by atoms with Crippen LogP contribution in [0.15, 0.2) is 0 Å². The molecule has 16 heavy (non-hydrogen) atoms. The molecule has 1 saturated heterocycles. The Morgan fingerprint density at radius 2 is 2.25 bits per heavy atom. The summed E-state index contributed by atoms with van der Waals surface area (Å²) >= 11 is 0. The van der Waals surface area contributed by atoms with Crippen molar-refractivity contribution < 1.29 is 9.53 Å². The van der Waals surface area contributed by atoms with E-state index in [1.54, 1.807) is 0 Å². The Morgan fingerprint density at radius 3 is 2.69 bits per heavy atom. The summed E-state index contributed by atoms with van der Waals surface area (Å²) in [6, 6.07) is 0.800. The molecule has 0 bridgehead atoms. The third kappa shape index (κ3) is 2.95. The fourth-order valence-corrected chi connectivity index (χ4v) is 2.47. The summed E-state index contributed by atoms with van der Waals surface area (Å²) in [6.07, 6.45) is 1.17. The van der Waals surface area contributed by atoms with Crippen LogP contribution < -0.4 is 5.32 Å². The summed E-state index contributed by atoms with van der Waals surface area (Å²) < 4.78 is 4.81. The summed E-state index contributed by atoms with van der Waals surface area (Å²) in [5.74, 6) is -0.178. The lowest BCUT2D eigenvalue weighted by Gasteiger charge is -2.35. The SMILES string of the molecule is CCN(C1CCNC1)C(C)C(C)C(=O)OC. The van der Waals surface area contributed by atoms with E-state index in [-0.39, 0.29) is 17.9 Å². The molecule has 1 rings (SSSR count). The quantitative estimate of drug-likeness (QED) is 0.709. The largest absolute Gasteiger partial charge is 0.469 e. The first-order chi connectivity index (χ1) is 7.61. The summed E-state index contributed by atoms with van der Waals surface area (Å²) in [5.41, 5.74) is 0. The van der Waals surface area contributed by atoms with Crippen molar-refractivity contribution >= 4 is 5.97 Å². The molecule has 94 valence electrons. The molecule has 0 saturated carbocycles. The fourth-order valence-electron chi connectivity index (χ4n) is 2.47. The number of esters is 1. The van der Waals surface area contributed by atoms with Crippen LogP contribution >= 0.6 is 0 Å². The van der Waals surface area contributed by atoms with Crippen molar-refractivity contribution in [3.05, 3.63) is 0 Å². The normalized spacial score (nSPS) is 24.4. The van der Waals surface area contributed by atoms with Gasteiger partial charge in [-0.05, 0) is 26.4 Å². The van der Waals surface area contributed by atoms with Crippen LogP contribution in [0.25, 0.3) is 0 Å². The van der Waals surface area contributed by atoms with Gasteiger partial charge in [0.25, 0.3) is 0 Å². The topological polar surface area (TPSA) is 41.6 Å². The van der Waals surface area contributed by atoms with Gasteiger partial charge in [0.2, 0.25) is 0 Å². The fraction of sp³-hybridized carbons (Fsp3) is 0.917. The van der Waals surface area contributed by atoms with Gasteiger partial charge in [-0.15, -0.1) is 0 Å². The molecule has 1 aliphatic heterocycles. The zero-order valence-corrected chi connectivity index (χ0v) is 10.8. The molecular weight excluding hydrogens is 204 g/mol. The van der Waals surface area contributed by atoms with E-state index < -0.39 is 0 Å². The van der Waals surface area contributed by atoms with Crippen LogP contribution in [-0.4, -0.2) is 49.7 Å². The number of carbonyl (C=O) groups excluding carboxylic acids is 1. The predicted octanol–water partition coefficient (Wildman–Crippen LogP) is 0.868. The first-order valence-corrected chi connectivity index (χ1v) is 6.16. The Bertz CT molecular complexity index is 227. The van der Waals surface area contributed by atoms with Gasteiger partial charge in [0.1, 0.15) is 0 Å². The highest BCUT2D eigenvalue weighted by Crippen LogP contribution is 2.18. The molecule has 0 aliphatic carbocycles. The first-order valence-electron chi connectivity index (χ1n) is 6.16. The molecule has 0 aromatic rings. The van der Waals surface area contributed by atoms with Crippen molar-refractivity contribution in [2.45, 2.75) is 39.3 Å².